The number of benzene rings is 1. The molecule has 0 saturated carbocycles. The predicted octanol–water partition coefficient (Wildman–Crippen LogP) is 2.13. The molecular formula is C16H19N3O. The first kappa shape index (κ1) is 12.9. The maximum atomic E-state index is 11.2. The highest BCUT2D eigenvalue weighted by Gasteiger charge is 2.22. The Hall–Kier alpha value is -2.07. The summed E-state index contributed by atoms with van der Waals surface area (Å²) >= 11 is 0. The van der Waals surface area contributed by atoms with Crippen molar-refractivity contribution in [2.75, 3.05) is 13.1 Å². The number of primary amides is 1. The summed E-state index contributed by atoms with van der Waals surface area (Å²) in [5.41, 5.74) is 9.14. The Kier molecular flexibility index (Phi) is 3.32. The summed E-state index contributed by atoms with van der Waals surface area (Å²) < 4.78 is 0. The van der Waals surface area contributed by atoms with Crippen LogP contribution in [0.4, 0.5) is 0 Å². The van der Waals surface area contributed by atoms with Crippen molar-refractivity contribution in [3.8, 4) is 0 Å². The molecule has 1 amide bonds. The van der Waals surface area contributed by atoms with Gasteiger partial charge >= 0.3 is 0 Å². The fourth-order valence-electron chi connectivity index (χ4n) is 2.80. The van der Waals surface area contributed by atoms with Crippen molar-refractivity contribution >= 4 is 22.4 Å². The maximum Gasteiger partial charge on any atom is 0.234 e. The quantitative estimate of drug-likeness (QED) is 0.896. The van der Waals surface area contributed by atoms with Crippen LogP contribution in [0.15, 0.2) is 36.5 Å². The van der Waals surface area contributed by atoms with Crippen LogP contribution in [0.1, 0.15) is 18.9 Å². The smallest absolute Gasteiger partial charge is 0.234 e. The number of fused-ring (bicyclic) bond motifs is 1. The Balaban J connectivity index is 1.85. The lowest BCUT2D eigenvalue weighted by Gasteiger charge is -2.29. The molecule has 3 rings (SSSR count). The number of hydrogen-bond donors (Lipinski definition) is 2. The second-order valence-corrected chi connectivity index (χ2v) is 5.30. The van der Waals surface area contributed by atoms with Gasteiger partial charge in [-0.2, -0.15) is 0 Å². The SMILES string of the molecule is C[C@@H](C(N)=O)N1CC=C(c2c[nH]c3ccccc23)CC1. The highest BCUT2D eigenvalue weighted by atomic mass is 16.1. The molecule has 3 N–H and O–H groups in total. The van der Waals surface area contributed by atoms with Crippen molar-refractivity contribution in [3.05, 3.63) is 42.1 Å². The van der Waals surface area contributed by atoms with Gasteiger partial charge in [0.05, 0.1) is 6.04 Å². The molecule has 4 heteroatoms. The summed E-state index contributed by atoms with van der Waals surface area (Å²) in [7, 11) is 0. The van der Waals surface area contributed by atoms with Crippen LogP contribution in [-0.4, -0.2) is 34.9 Å². The summed E-state index contributed by atoms with van der Waals surface area (Å²) in [6, 6.07) is 8.12. The number of nitrogens with zero attached hydrogens (tertiary/aromatic N) is 1. The van der Waals surface area contributed by atoms with Crippen LogP contribution in [0.3, 0.4) is 0 Å². The van der Waals surface area contributed by atoms with Gasteiger partial charge in [0.15, 0.2) is 0 Å². The molecule has 0 bridgehead atoms. The summed E-state index contributed by atoms with van der Waals surface area (Å²) in [4.78, 5) is 16.7. The first-order chi connectivity index (χ1) is 9.66. The van der Waals surface area contributed by atoms with Crippen molar-refractivity contribution < 1.29 is 4.79 Å². The second-order valence-electron chi connectivity index (χ2n) is 5.30. The highest BCUT2D eigenvalue weighted by molar-refractivity contribution is 5.92. The number of aromatic amines is 1. The molecule has 0 aliphatic carbocycles. The van der Waals surface area contributed by atoms with Crippen LogP contribution in [0.5, 0.6) is 0 Å². The van der Waals surface area contributed by atoms with Gasteiger partial charge in [0.2, 0.25) is 5.91 Å². The number of aromatic nitrogens is 1. The Morgan fingerprint density at radius 1 is 1.40 bits per heavy atom. The van der Waals surface area contributed by atoms with E-state index in [0.717, 1.165) is 25.0 Å². The lowest BCUT2D eigenvalue weighted by Crippen LogP contribution is -2.44. The topological polar surface area (TPSA) is 62.1 Å². The minimum Gasteiger partial charge on any atom is -0.368 e. The van der Waals surface area contributed by atoms with E-state index >= 15 is 0 Å². The van der Waals surface area contributed by atoms with Gasteiger partial charge in [0.25, 0.3) is 0 Å². The minimum atomic E-state index is -0.256. The molecule has 0 unspecified atom stereocenters. The number of rotatable bonds is 3. The Bertz CT molecular complexity index is 671. The molecule has 1 aromatic heterocycles. The van der Waals surface area contributed by atoms with Crippen molar-refractivity contribution in [2.24, 2.45) is 5.73 Å². The van der Waals surface area contributed by atoms with Crippen molar-refractivity contribution in [2.45, 2.75) is 19.4 Å². The zero-order chi connectivity index (χ0) is 14.1. The third-order valence-corrected chi connectivity index (χ3v) is 4.14. The zero-order valence-electron chi connectivity index (χ0n) is 11.6. The van der Waals surface area contributed by atoms with Gasteiger partial charge in [-0.05, 0) is 25.0 Å². The molecule has 1 aliphatic heterocycles. The molecule has 4 nitrogen and oxygen atoms in total. The molecule has 1 atom stereocenters. The average molecular weight is 269 g/mol. The zero-order valence-corrected chi connectivity index (χ0v) is 11.6. The third-order valence-electron chi connectivity index (χ3n) is 4.14. The Morgan fingerprint density at radius 2 is 2.20 bits per heavy atom. The van der Waals surface area contributed by atoms with Crippen LogP contribution in [-0.2, 0) is 4.79 Å². The number of para-hydroxylation sites is 1. The normalized spacial score (nSPS) is 17.9. The molecule has 0 radical (unpaired) electrons. The highest BCUT2D eigenvalue weighted by Crippen LogP contribution is 2.29. The summed E-state index contributed by atoms with van der Waals surface area (Å²) in [5.74, 6) is -0.256. The molecule has 2 aromatic rings. The van der Waals surface area contributed by atoms with Crippen LogP contribution in [0.2, 0.25) is 0 Å². The van der Waals surface area contributed by atoms with Gasteiger partial charge in [-0.1, -0.05) is 24.3 Å². The number of hydrogen-bond acceptors (Lipinski definition) is 2. The molecule has 1 aromatic carbocycles. The fraction of sp³-hybridized carbons (Fsp3) is 0.312. The summed E-state index contributed by atoms with van der Waals surface area (Å²) in [6.45, 7) is 3.52. The summed E-state index contributed by atoms with van der Waals surface area (Å²) in [6.07, 6.45) is 5.22. The third kappa shape index (κ3) is 2.23. The second kappa shape index (κ2) is 5.13. The molecule has 0 spiro atoms. The van der Waals surface area contributed by atoms with E-state index in [1.165, 1.54) is 16.5 Å². The van der Waals surface area contributed by atoms with Gasteiger partial charge in [-0.3, -0.25) is 9.69 Å². The first-order valence-electron chi connectivity index (χ1n) is 6.95. The Labute approximate surface area is 118 Å². The molecule has 0 fully saturated rings. The van der Waals surface area contributed by atoms with E-state index in [1.807, 2.05) is 13.0 Å². The molecule has 1 aliphatic rings. The van der Waals surface area contributed by atoms with E-state index in [-0.39, 0.29) is 11.9 Å². The monoisotopic (exact) mass is 269 g/mol. The molecule has 2 heterocycles. The van der Waals surface area contributed by atoms with Crippen LogP contribution < -0.4 is 5.73 Å². The van der Waals surface area contributed by atoms with E-state index < -0.39 is 0 Å². The lowest BCUT2D eigenvalue weighted by molar-refractivity contribution is -0.122. The molecule has 104 valence electrons. The molecule has 20 heavy (non-hydrogen) atoms. The molecule has 0 saturated heterocycles. The number of H-pyrrole nitrogens is 1. The van der Waals surface area contributed by atoms with Gasteiger partial charge in [-0.15, -0.1) is 0 Å². The van der Waals surface area contributed by atoms with Crippen LogP contribution in [0, 0.1) is 0 Å². The number of amides is 1. The van der Waals surface area contributed by atoms with E-state index in [9.17, 15) is 4.79 Å². The van der Waals surface area contributed by atoms with Gasteiger partial charge < -0.3 is 10.7 Å². The van der Waals surface area contributed by atoms with Crippen LogP contribution >= 0.6 is 0 Å². The van der Waals surface area contributed by atoms with Crippen molar-refractivity contribution in [1.82, 2.24) is 9.88 Å². The maximum absolute atomic E-state index is 11.2. The average Bonchev–Trinajstić information content (AvgIpc) is 2.90. The van der Waals surface area contributed by atoms with Crippen molar-refractivity contribution in [1.29, 1.82) is 0 Å². The number of nitrogens with one attached hydrogen (secondary N) is 1. The number of carbonyl (C=O) groups excluding carboxylic acids is 1. The number of nitrogens with two attached hydrogens (primary N) is 1. The van der Waals surface area contributed by atoms with Gasteiger partial charge in [0.1, 0.15) is 0 Å². The van der Waals surface area contributed by atoms with E-state index in [4.69, 9.17) is 5.73 Å². The minimum absolute atomic E-state index is 0.198. The van der Waals surface area contributed by atoms with E-state index in [0.29, 0.717) is 0 Å². The van der Waals surface area contributed by atoms with Crippen molar-refractivity contribution in [3.63, 3.8) is 0 Å². The number of carbonyl (C=O) groups is 1. The lowest BCUT2D eigenvalue weighted by atomic mass is 9.98. The van der Waals surface area contributed by atoms with E-state index in [1.54, 1.807) is 0 Å². The fourth-order valence-corrected chi connectivity index (χ4v) is 2.80. The predicted molar refractivity (Wildman–Crippen MR) is 81.1 cm³/mol. The summed E-state index contributed by atoms with van der Waals surface area (Å²) in [5, 5.41) is 1.26. The molecular weight excluding hydrogens is 250 g/mol. The largest absolute Gasteiger partial charge is 0.368 e. The van der Waals surface area contributed by atoms with Gasteiger partial charge in [-0.25, -0.2) is 0 Å². The van der Waals surface area contributed by atoms with E-state index in [2.05, 4.69) is 40.4 Å². The first-order valence-corrected chi connectivity index (χ1v) is 6.95. The Morgan fingerprint density at radius 3 is 2.90 bits per heavy atom. The van der Waals surface area contributed by atoms with Gasteiger partial charge in [0, 0.05) is 35.8 Å². The standard InChI is InChI=1S/C16H19N3O/c1-11(16(17)20)19-8-6-12(7-9-19)14-10-18-15-5-3-2-4-13(14)15/h2-6,10-11,18H,7-9H2,1H3,(H2,17,20)/t11-/m0/s1. The van der Waals surface area contributed by atoms with Crippen LogP contribution in [0.25, 0.3) is 16.5 Å².